The molecular weight excluding hydrogens is 226 g/mol. The molecule has 1 N–H and O–H groups in total. The average Bonchev–Trinajstić information content (AvgIpc) is 2.70. The van der Waals surface area contributed by atoms with Gasteiger partial charge in [-0.25, -0.2) is 4.98 Å². The van der Waals surface area contributed by atoms with Crippen molar-refractivity contribution in [2.45, 2.75) is 26.7 Å². The van der Waals surface area contributed by atoms with Crippen molar-refractivity contribution in [2.75, 3.05) is 6.54 Å². The number of carbonyl (C=O) groups excluding carboxylic acids is 1. The highest BCUT2D eigenvalue weighted by Gasteiger charge is 2.07. The largest absolute Gasteiger partial charge is 0.356 e. The monoisotopic (exact) mass is 245 g/mol. The van der Waals surface area contributed by atoms with Crippen molar-refractivity contribution in [3.05, 3.63) is 36.3 Å². The molecule has 0 aliphatic carbocycles. The molecule has 0 aliphatic rings. The summed E-state index contributed by atoms with van der Waals surface area (Å²) in [6.07, 6.45) is 5.19. The van der Waals surface area contributed by atoms with E-state index in [1.54, 1.807) is 0 Å². The summed E-state index contributed by atoms with van der Waals surface area (Å²) in [4.78, 5) is 16.1. The van der Waals surface area contributed by atoms with Crippen LogP contribution in [0, 0.1) is 5.92 Å². The van der Waals surface area contributed by atoms with Crippen molar-refractivity contribution in [1.29, 1.82) is 0 Å². The Morgan fingerprint density at radius 3 is 3.00 bits per heavy atom. The van der Waals surface area contributed by atoms with Gasteiger partial charge in [-0.15, -0.1) is 0 Å². The van der Waals surface area contributed by atoms with E-state index < -0.39 is 0 Å². The summed E-state index contributed by atoms with van der Waals surface area (Å²) in [5, 5.41) is 2.92. The van der Waals surface area contributed by atoms with Crippen LogP contribution in [-0.4, -0.2) is 21.8 Å². The number of nitrogens with one attached hydrogen (secondary N) is 1. The van der Waals surface area contributed by atoms with E-state index in [-0.39, 0.29) is 5.91 Å². The van der Waals surface area contributed by atoms with E-state index in [1.165, 1.54) is 0 Å². The van der Waals surface area contributed by atoms with Gasteiger partial charge in [0.2, 0.25) is 5.91 Å². The normalized spacial score (nSPS) is 11.1. The fraction of sp³-hybridized carbons (Fsp3) is 0.429. The maximum absolute atomic E-state index is 11.7. The van der Waals surface area contributed by atoms with E-state index >= 15 is 0 Å². The molecule has 2 aromatic heterocycles. The molecule has 0 aliphatic heterocycles. The highest BCUT2D eigenvalue weighted by Crippen LogP contribution is 2.05. The number of amides is 1. The molecule has 0 bridgehead atoms. The van der Waals surface area contributed by atoms with Gasteiger partial charge in [-0.05, 0) is 24.5 Å². The highest BCUT2D eigenvalue weighted by molar-refractivity contribution is 5.78. The first-order chi connectivity index (χ1) is 8.65. The highest BCUT2D eigenvalue weighted by atomic mass is 16.1. The number of hydrogen-bond acceptors (Lipinski definition) is 2. The number of carbonyl (C=O) groups is 1. The fourth-order valence-electron chi connectivity index (χ4n) is 1.80. The standard InChI is InChI=1S/C14H19N3O/c1-11(2)6-7-15-14(18)9-12-10-17-8-4-3-5-13(17)16-12/h3-5,8,10-11H,6-7,9H2,1-2H3,(H,15,18). The molecule has 0 saturated heterocycles. The lowest BCUT2D eigenvalue weighted by atomic mass is 10.1. The van der Waals surface area contributed by atoms with Crippen molar-refractivity contribution < 1.29 is 4.79 Å². The van der Waals surface area contributed by atoms with E-state index in [2.05, 4.69) is 24.1 Å². The van der Waals surface area contributed by atoms with Crippen LogP contribution in [0.15, 0.2) is 30.6 Å². The number of pyridine rings is 1. The van der Waals surface area contributed by atoms with Gasteiger partial charge in [0.15, 0.2) is 0 Å². The van der Waals surface area contributed by atoms with Crippen LogP contribution >= 0.6 is 0 Å². The van der Waals surface area contributed by atoms with Crippen molar-refractivity contribution in [3.63, 3.8) is 0 Å². The lowest BCUT2D eigenvalue weighted by Crippen LogP contribution is -2.26. The van der Waals surface area contributed by atoms with Crippen molar-refractivity contribution in [1.82, 2.24) is 14.7 Å². The zero-order valence-corrected chi connectivity index (χ0v) is 10.9. The minimum absolute atomic E-state index is 0.0408. The Labute approximate surface area is 107 Å². The Morgan fingerprint density at radius 1 is 1.44 bits per heavy atom. The van der Waals surface area contributed by atoms with Crippen LogP contribution in [0.3, 0.4) is 0 Å². The summed E-state index contributed by atoms with van der Waals surface area (Å²) in [6.45, 7) is 5.03. The Balaban J connectivity index is 1.90. The molecule has 18 heavy (non-hydrogen) atoms. The number of aromatic nitrogens is 2. The van der Waals surface area contributed by atoms with E-state index in [0.717, 1.165) is 24.3 Å². The fourth-order valence-corrected chi connectivity index (χ4v) is 1.80. The van der Waals surface area contributed by atoms with Gasteiger partial charge in [-0.3, -0.25) is 4.79 Å². The summed E-state index contributed by atoms with van der Waals surface area (Å²) in [5.74, 6) is 0.652. The first-order valence-electron chi connectivity index (χ1n) is 6.34. The molecular formula is C14H19N3O. The van der Waals surface area contributed by atoms with Crippen molar-refractivity contribution in [3.8, 4) is 0 Å². The molecule has 4 nitrogen and oxygen atoms in total. The second-order valence-corrected chi connectivity index (χ2v) is 4.91. The van der Waals surface area contributed by atoms with E-state index in [9.17, 15) is 4.79 Å². The minimum Gasteiger partial charge on any atom is -0.356 e. The van der Waals surface area contributed by atoms with Gasteiger partial charge in [-0.2, -0.15) is 0 Å². The van der Waals surface area contributed by atoms with Crippen molar-refractivity contribution in [2.24, 2.45) is 5.92 Å². The predicted octanol–water partition coefficient (Wildman–Crippen LogP) is 2.04. The first-order valence-corrected chi connectivity index (χ1v) is 6.34. The Hall–Kier alpha value is -1.84. The quantitative estimate of drug-likeness (QED) is 0.876. The molecule has 0 radical (unpaired) electrons. The second-order valence-electron chi connectivity index (χ2n) is 4.91. The van der Waals surface area contributed by atoms with Gasteiger partial charge in [0.05, 0.1) is 12.1 Å². The molecule has 1 amide bonds. The number of rotatable bonds is 5. The number of nitrogens with zero attached hydrogens (tertiary/aromatic N) is 2. The predicted molar refractivity (Wildman–Crippen MR) is 71.4 cm³/mol. The van der Waals surface area contributed by atoms with E-state index in [0.29, 0.717) is 12.3 Å². The maximum Gasteiger partial charge on any atom is 0.226 e. The first kappa shape index (κ1) is 12.6. The maximum atomic E-state index is 11.7. The van der Waals surface area contributed by atoms with Gasteiger partial charge in [-0.1, -0.05) is 19.9 Å². The topological polar surface area (TPSA) is 46.4 Å². The zero-order chi connectivity index (χ0) is 13.0. The van der Waals surface area contributed by atoms with E-state index in [1.807, 2.05) is 35.0 Å². The number of hydrogen-bond donors (Lipinski definition) is 1. The summed E-state index contributed by atoms with van der Waals surface area (Å²) in [6, 6.07) is 5.82. The van der Waals surface area contributed by atoms with E-state index in [4.69, 9.17) is 0 Å². The molecule has 0 saturated carbocycles. The number of imidazole rings is 1. The zero-order valence-electron chi connectivity index (χ0n) is 10.9. The molecule has 0 atom stereocenters. The number of fused-ring (bicyclic) bond motifs is 1. The molecule has 0 aromatic carbocycles. The third kappa shape index (κ3) is 3.32. The molecule has 2 aromatic rings. The SMILES string of the molecule is CC(C)CCNC(=O)Cc1cn2ccccc2n1. The molecule has 0 fully saturated rings. The van der Waals surface area contributed by atoms with Gasteiger partial charge in [0.1, 0.15) is 5.65 Å². The summed E-state index contributed by atoms with van der Waals surface area (Å²) >= 11 is 0. The molecule has 2 rings (SSSR count). The smallest absolute Gasteiger partial charge is 0.226 e. The molecule has 2 heterocycles. The third-order valence-corrected chi connectivity index (χ3v) is 2.80. The van der Waals surface area contributed by atoms with Crippen LogP contribution in [0.1, 0.15) is 26.0 Å². The van der Waals surface area contributed by atoms with Gasteiger partial charge >= 0.3 is 0 Å². The summed E-state index contributed by atoms with van der Waals surface area (Å²) in [7, 11) is 0. The molecule has 4 heteroatoms. The van der Waals surface area contributed by atoms with Crippen LogP contribution in [0.5, 0.6) is 0 Å². The Morgan fingerprint density at radius 2 is 2.28 bits per heavy atom. The van der Waals surface area contributed by atoms with Crippen molar-refractivity contribution >= 4 is 11.6 Å². The van der Waals surface area contributed by atoms with Crippen LogP contribution < -0.4 is 5.32 Å². The van der Waals surface area contributed by atoms with Crippen LogP contribution in [0.2, 0.25) is 0 Å². The molecule has 0 unspecified atom stereocenters. The summed E-state index contributed by atoms with van der Waals surface area (Å²) < 4.78 is 1.93. The molecule has 0 spiro atoms. The van der Waals surface area contributed by atoms with Crippen LogP contribution in [0.4, 0.5) is 0 Å². The third-order valence-electron chi connectivity index (χ3n) is 2.80. The lowest BCUT2D eigenvalue weighted by Gasteiger charge is -2.05. The van der Waals surface area contributed by atoms with Crippen LogP contribution in [0.25, 0.3) is 5.65 Å². The Bertz CT molecular complexity index is 498. The Kier molecular flexibility index (Phi) is 3.97. The average molecular weight is 245 g/mol. The van der Waals surface area contributed by atoms with Gasteiger partial charge in [0, 0.05) is 18.9 Å². The minimum atomic E-state index is 0.0408. The van der Waals surface area contributed by atoms with Gasteiger partial charge in [0.25, 0.3) is 0 Å². The lowest BCUT2D eigenvalue weighted by molar-refractivity contribution is -0.120. The summed E-state index contributed by atoms with van der Waals surface area (Å²) in [5.41, 5.74) is 1.69. The van der Waals surface area contributed by atoms with Crippen LogP contribution in [-0.2, 0) is 11.2 Å². The van der Waals surface area contributed by atoms with Gasteiger partial charge < -0.3 is 9.72 Å². The molecule has 96 valence electrons. The second kappa shape index (κ2) is 5.67.